The molecule has 0 spiro atoms. The molecule has 0 aliphatic carbocycles. The van der Waals surface area contributed by atoms with Crippen molar-refractivity contribution in [1.82, 2.24) is 14.8 Å². The molecule has 2 aromatic carbocycles. The number of hydrogen-bond acceptors (Lipinski definition) is 3. The molecule has 0 atom stereocenters. The van der Waals surface area contributed by atoms with Crippen LogP contribution in [0.3, 0.4) is 0 Å². The molecule has 29 heavy (non-hydrogen) atoms. The Labute approximate surface area is 168 Å². The van der Waals surface area contributed by atoms with Crippen LogP contribution in [0.15, 0.2) is 54.7 Å². The van der Waals surface area contributed by atoms with Gasteiger partial charge in [-0.15, -0.1) is 0 Å². The highest BCUT2D eigenvalue weighted by molar-refractivity contribution is 5.96. The molecule has 4 rings (SSSR count). The van der Waals surface area contributed by atoms with Gasteiger partial charge in [-0.3, -0.25) is 4.79 Å². The molecule has 146 valence electrons. The summed E-state index contributed by atoms with van der Waals surface area (Å²) in [7, 11) is 0. The molecule has 5 nitrogen and oxygen atoms in total. The molecule has 4 aromatic rings. The summed E-state index contributed by atoms with van der Waals surface area (Å²) in [5.41, 5.74) is 6.02. The number of carbonyl (C=O) groups is 1. The van der Waals surface area contributed by atoms with Gasteiger partial charge in [-0.1, -0.05) is 29.8 Å². The van der Waals surface area contributed by atoms with Crippen molar-refractivity contribution in [2.45, 2.75) is 27.3 Å². The first-order chi connectivity index (χ1) is 13.9. The van der Waals surface area contributed by atoms with E-state index in [1.165, 1.54) is 17.7 Å². The van der Waals surface area contributed by atoms with E-state index in [1.807, 2.05) is 19.1 Å². The third kappa shape index (κ3) is 3.74. The Kier molecular flexibility index (Phi) is 4.84. The van der Waals surface area contributed by atoms with Crippen LogP contribution in [0.4, 0.5) is 10.1 Å². The third-order valence-electron chi connectivity index (χ3n) is 4.89. The number of rotatable bonds is 4. The van der Waals surface area contributed by atoms with Crippen molar-refractivity contribution in [2.75, 3.05) is 5.32 Å². The van der Waals surface area contributed by atoms with Gasteiger partial charge >= 0.3 is 0 Å². The molecule has 2 heterocycles. The minimum atomic E-state index is -0.331. The standard InChI is InChI=1S/C23H21FN4O/c1-14-5-4-6-17(11-14)19-9-10-25-23-22(19)16(3)27-28(23)13-21(29)26-20-8-7-18(24)12-15(20)2/h4-12H,13H2,1-3H3,(H,26,29). The van der Waals surface area contributed by atoms with Gasteiger partial charge in [-0.2, -0.15) is 5.10 Å². The van der Waals surface area contributed by atoms with E-state index in [2.05, 4.69) is 40.5 Å². The number of pyridine rings is 1. The summed E-state index contributed by atoms with van der Waals surface area (Å²) in [5.74, 6) is -0.575. The number of hydrogen-bond donors (Lipinski definition) is 1. The summed E-state index contributed by atoms with van der Waals surface area (Å²) < 4.78 is 14.9. The molecule has 0 aliphatic heterocycles. The van der Waals surface area contributed by atoms with Gasteiger partial charge in [0.2, 0.25) is 5.91 Å². The highest BCUT2D eigenvalue weighted by Crippen LogP contribution is 2.30. The first-order valence-electron chi connectivity index (χ1n) is 9.37. The lowest BCUT2D eigenvalue weighted by Gasteiger charge is -2.09. The summed E-state index contributed by atoms with van der Waals surface area (Å²) in [4.78, 5) is 17.0. The van der Waals surface area contributed by atoms with Crippen LogP contribution < -0.4 is 5.32 Å². The van der Waals surface area contributed by atoms with Gasteiger partial charge < -0.3 is 5.32 Å². The number of benzene rings is 2. The van der Waals surface area contributed by atoms with Gasteiger partial charge in [0.05, 0.1) is 5.69 Å². The van der Waals surface area contributed by atoms with Crippen molar-refractivity contribution in [1.29, 1.82) is 0 Å². The van der Waals surface area contributed by atoms with Gasteiger partial charge in [0.1, 0.15) is 12.4 Å². The number of nitrogens with zero attached hydrogens (tertiary/aromatic N) is 3. The van der Waals surface area contributed by atoms with Crippen LogP contribution in [0.5, 0.6) is 0 Å². The van der Waals surface area contributed by atoms with Crippen molar-refractivity contribution in [3.05, 3.63) is 77.4 Å². The predicted octanol–water partition coefficient (Wildman–Crippen LogP) is 4.80. The van der Waals surface area contributed by atoms with E-state index in [0.717, 1.165) is 22.2 Å². The minimum Gasteiger partial charge on any atom is -0.324 e. The number of nitrogens with one attached hydrogen (secondary N) is 1. The van der Waals surface area contributed by atoms with Crippen molar-refractivity contribution in [3.63, 3.8) is 0 Å². The molecule has 1 N–H and O–H groups in total. The Morgan fingerprint density at radius 3 is 2.69 bits per heavy atom. The van der Waals surface area contributed by atoms with Crippen LogP contribution in [-0.4, -0.2) is 20.7 Å². The molecular formula is C23H21FN4O. The second kappa shape index (κ2) is 7.47. The van der Waals surface area contributed by atoms with Gasteiger partial charge in [-0.05, 0) is 61.7 Å². The summed E-state index contributed by atoms with van der Waals surface area (Å²) in [5, 5.41) is 8.30. The predicted molar refractivity (Wildman–Crippen MR) is 112 cm³/mol. The Morgan fingerprint density at radius 2 is 1.93 bits per heavy atom. The first kappa shape index (κ1) is 18.8. The molecule has 1 amide bonds. The number of fused-ring (bicyclic) bond motifs is 1. The Balaban J connectivity index is 1.67. The molecule has 0 unspecified atom stereocenters. The maximum absolute atomic E-state index is 13.3. The van der Waals surface area contributed by atoms with Gasteiger partial charge in [-0.25, -0.2) is 14.1 Å². The number of aryl methyl sites for hydroxylation is 3. The van der Waals surface area contributed by atoms with E-state index in [9.17, 15) is 9.18 Å². The maximum atomic E-state index is 13.3. The average Bonchev–Trinajstić information content (AvgIpc) is 3.00. The summed E-state index contributed by atoms with van der Waals surface area (Å²) in [6.07, 6.45) is 1.74. The van der Waals surface area contributed by atoms with Gasteiger partial charge in [0.15, 0.2) is 5.65 Å². The van der Waals surface area contributed by atoms with E-state index < -0.39 is 0 Å². The molecule has 2 aromatic heterocycles. The van der Waals surface area contributed by atoms with E-state index in [0.29, 0.717) is 16.9 Å². The fourth-order valence-electron chi connectivity index (χ4n) is 3.54. The van der Waals surface area contributed by atoms with Crippen LogP contribution >= 0.6 is 0 Å². The highest BCUT2D eigenvalue weighted by atomic mass is 19.1. The van der Waals surface area contributed by atoms with Crippen molar-refractivity contribution in [2.24, 2.45) is 0 Å². The highest BCUT2D eigenvalue weighted by Gasteiger charge is 2.16. The van der Waals surface area contributed by atoms with Gasteiger partial charge in [0.25, 0.3) is 0 Å². The number of carbonyl (C=O) groups excluding carboxylic acids is 1. The SMILES string of the molecule is Cc1cccc(-c2ccnc3c2c(C)nn3CC(=O)Nc2ccc(F)cc2C)c1. The zero-order valence-electron chi connectivity index (χ0n) is 16.5. The van der Waals surface area contributed by atoms with Crippen LogP contribution in [0, 0.1) is 26.6 Å². The lowest BCUT2D eigenvalue weighted by atomic mass is 10.0. The maximum Gasteiger partial charge on any atom is 0.246 e. The van der Waals surface area contributed by atoms with E-state index in [-0.39, 0.29) is 18.3 Å². The second-order valence-corrected chi connectivity index (χ2v) is 7.18. The largest absolute Gasteiger partial charge is 0.324 e. The summed E-state index contributed by atoms with van der Waals surface area (Å²) in [6.45, 7) is 5.75. The molecule has 0 saturated heterocycles. The monoisotopic (exact) mass is 388 g/mol. The topological polar surface area (TPSA) is 59.8 Å². The van der Waals surface area contributed by atoms with Crippen LogP contribution in [-0.2, 0) is 11.3 Å². The number of anilines is 1. The van der Waals surface area contributed by atoms with Crippen LogP contribution in [0.1, 0.15) is 16.8 Å². The number of halogens is 1. The zero-order chi connectivity index (χ0) is 20.5. The minimum absolute atomic E-state index is 0.0193. The van der Waals surface area contributed by atoms with E-state index >= 15 is 0 Å². The fourth-order valence-corrected chi connectivity index (χ4v) is 3.54. The van der Waals surface area contributed by atoms with Crippen molar-refractivity contribution in [3.8, 4) is 11.1 Å². The molecule has 0 radical (unpaired) electrons. The van der Waals surface area contributed by atoms with E-state index in [4.69, 9.17) is 0 Å². The molecule has 6 heteroatoms. The molecule has 0 fully saturated rings. The van der Waals surface area contributed by atoms with E-state index in [1.54, 1.807) is 23.9 Å². The lowest BCUT2D eigenvalue weighted by Crippen LogP contribution is -2.20. The normalized spacial score (nSPS) is 11.0. The molecule has 0 saturated carbocycles. The molecular weight excluding hydrogens is 367 g/mol. The fraction of sp³-hybridized carbons (Fsp3) is 0.174. The first-order valence-corrected chi connectivity index (χ1v) is 9.37. The smallest absolute Gasteiger partial charge is 0.246 e. The number of amides is 1. The van der Waals surface area contributed by atoms with Crippen molar-refractivity contribution >= 4 is 22.6 Å². The third-order valence-corrected chi connectivity index (χ3v) is 4.89. The molecule has 0 bridgehead atoms. The Morgan fingerprint density at radius 1 is 1.10 bits per heavy atom. The van der Waals surface area contributed by atoms with Crippen LogP contribution in [0.25, 0.3) is 22.2 Å². The Bertz CT molecular complexity index is 1230. The van der Waals surface area contributed by atoms with Crippen LogP contribution in [0.2, 0.25) is 0 Å². The summed E-state index contributed by atoms with van der Waals surface area (Å²) in [6, 6.07) is 14.5. The van der Waals surface area contributed by atoms with Gasteiger partial charge in [0, 0.05) is 17.3 Å². The average molecular weight is 388 g/mol. The molecule has 0 aliphatic rings. The Hall–Kier alpha value is -3.54. The quantitative estimate of drug-likeness (QED) is 0.546. The second-order valence-electron chi connectivity index (χ2n) is 7.18. The summed E-state index contributed by atoms with van der Waals surface area (Å²) >= 11 is 0. The van der Waals surface area contributed by atoms with Crippen molar-refractivity contribution < 1.29 is 9.18 Å². The zero-order valence-corrected chi connectivity index (χ0v) is 16.5. The number of aromatic nitrogens is 3. The lowest BCUT2D eigenvalue weighted by molar-refractivity contribution is -0.116.